The summed E-state index contributed by atoms with van der Waals surface area (Å²) in [5.41, 5.74) is 1.94. The Morgan fingerprint density at radius 3 is 2.18 bits per heavy atom. The van der Waals surface area contributed by atoms with E-state index in [2.05, 4.69) is 5.32 Å². The van der Waals surface area contributed by atoms with Gasteiger partial charge in [0.2, 0.25) is 21.8 Å². The second-order valence-electron chi connectivity index (χ2n) is 8.29. The summed E-state index contributed by atoms with van der Waals surface area (Å²) in [7, 11) is -3.75. The number of nitrogens with zero attached hydrogens (tertiary/aromatic N) is 2. The van der Waals surface area contributed by atoms with Gasteiger partial charge >= 0.3 is 0 Å². The maximum Gasteiger partial charge on any atom is 0.244 e. The van der Waals surface area contributed by atoms with E-state index in [1.807, 2.05) is 20.8 Å². The van der Waals surface area contributed by atoms with Crippen LogP contribution in [0.5, 0.6) is 0 Å². The number of rotatable bonds is 10. The molecule has 2 aromatic rings. The first-order valence-corrected chi connectivity index (χ1v) is 13.0. The predicted molar refractivity (Wildman–Crippen MR) is 133 cm³/mol. The van der Waals surface area contributed by atoms with Crippen molar-refractivity contribution in [1.82, 2.24) is 10.2 Å². The SMILES string of the molecule is CCC(C(=O)NC(C)C)N(Cc1ccc(Cl)cc1)C(=O)CN(c1ccccc1C)S(C)(=O)=O. The number of anilines is 1. The Labute approximate surface area is 201 Å². The van der Waals surface area contributed by atoms with Crippen molar-refractivity contribution >= 4 is 39.1 Å². The van der Waals surface area contributed by atoms with E-state index in [-0.39, 0.29) is 18.5 Å². The van der Waals surface area contributed by atoms with E-state index < -0.39 is 28.5 Å². The summed E-state index contributed by atoms with van der Waals surface area (Å²) in [6.07, 6.45) is 1.44. The largest absolute Gasteiger partial charge is 0.352 e. The molecule has 0 saturated carbocycles. The lowest BCUT2D eigenvalue weighted by atomic mass is 10.1. The van der Waals surface area contributed by atoms with Crippen molar-refractivity contribution in [1.29, 1.82) is 0 Å². The van der Waals surface area contributed by atoms with Crippen LogP contribution in [0, 0.1) is 6.92 Å². The second kappa shape index (κ2) is 11.5. The van der Waals surface area contributed by atoms with E-state index in [1.54, 1.807) is 55.5 Å². The van der Waals surface area contributed by atoms with Crippen molar-refractivity contribution in [3.8, 4) is 0 Å². The van der Waals surface area contributed by atoms with Crippen LogP contribution in [0.15, 0.2) is 48.5 Å². The first-order chi connectivity index (χ1) is 15.4. The van der Waals surface area contributed by atoms with E-state index in [9.17, 15) is 18.0 Å². The molecule has 9 heteroatoms. The van der Waals surface area contributed by atoms with Crippen molar-refractivity contribution in [3.63, 3.8) is 0 Å². The van der Waals surface area contributed by atoms with Crippen LogP contribution < -0.4 is 9.62 Å². The molecule has 1 N–H and O–H groups in total. The van der Waals surface area contributed by atoms with Gasteiger partial charge in [-0.1, -0.05) is 48.9 Å². The molecule has 180 valence electrons. The summed E-state index contributed by atoms with van der Waals surface area (Å²) < 4.78 is 26.3. The summed E-state index contributed by atoms with van der Waals surface area (Å²) in [6, 6.07) is 13.1. The quantitative estimate of drug-likeness (QED) is 0.546. The van der Waals surface area contributed by atoms with Gasteiger partial charge in [-0.25, -0.2) is 8.42 Å². The number of carbonyl (C=O) groups excluding carboxylic acids is 2. The third-order valence-electron chi connectivity index (χ3n) is 5.15. The number of halogens is 1. The molecule has 0 fully saturated rings. The lowest BCUT2D eigenvalue weighted by Crippen LogP contribution is -2.53. The van der Waals surface area contributed by atoms with Crippen molar-refractivity contribution < 1.29 is 18.0 Å². The molecule has 1 atom stereocenters. The molecule has 0 aliphatic rings. The number of hydrogen-bond donors (Lipinski definition) is 1. The number of benzene rings is 2. The molecule has 0 spiro atoms. The van der Waals surface area contributed by atoms with E-state index >= 15 is 0 Å². The minimum atomic E-state index is -3.75. The third kappa shape index (κ3) is 7.47. The van der Waals surface area contributed by atoms with Crippen LogP contribution in [-0.2, 0) is 26.2 Å². The lowest BCUT2D eigenvalue weighted by Gasteiger charge is -2.33. The molecule has 2 rings (SSSR count). The maximum absolute atomic E-state index is 13.6. The summed E-state index contributed by atoms with van der Waals surface area (Å²) >= 11 is 5.99. The zero-order chi connectivity index (χ0) is 24.8. The van der Waals surface area contributed by atoms with Gasteiger partial charge in [0.15, 0.2) is 0 Å². The van der Waals surface area contributed by atoms with Gasteiger partial charge in [-0.2, -0.15) is 0 Å². The van der Waals surface area contributed by atoms with Gasteiger partial charge in [0.05, 0.1) is 11.9 Å². The number of nitrogens with one attached hydrogen (secondary N) is 1. The smallest absolute Gasteiger partial charge is 0.244 e. The number of aryl methyl sites for hydroxylation is 1. The minimum Gasteiger partial charge on any atom is -0.352 e. The molecule has 0 saturated heterocycles. The molecule has 0 aliphatic heterocycles. The summed E-state index contributed by atoms with van der Waals surface area (Å²) in [5.74, 6) is -0.749. The standard InChI is InChI=1S/C24H32ClN3O4S/c1-6-21(24(30)26-17(2)3)27(15-19-11-13-20(25)14-12-19)23(29)16-28(33(5,31)32)22-10-8-7-9-18(22)4/h7-14,17,21H,6,15-16H2,1-5H3,(H,26,30). The van der Waals surface area contributed by atoms with Gasteiger partial charge in [0, 0.05) is 17.6 Å². The molecule has 0 radical (unpaired) electrons. The molecule has 0 heterocycles. The van der Waals surface area contributed by atoms with Crippen LogP contribution in [0.2, 0.25) is 5.02 Å². The molecule has 0 bridgehead atoms. The van der Waals surface area contributed by atoms with E-state index in [1.165, 1.54) is 4.90 Å². The molecule has 0 aliphatic carbocycles. The number of hydrogen-bond acceptors (Lipinski definition) is 4. The average molecular weight is 494 g/mol. The number of carbonyl (C=O) groups is 2. The second-order valence-corrected chi connectivity index (χ2v) is 10.6. The van der Waals surface area contributed by atoms with Crippen molar-refractivity contribution in [2.24, 2.45) is 0 Å². The molecular formula is C24H32ClN3O4S. The molecular weight excluding hydrogens is 462 g/mol. The molecule has 2 aromatic carbocycles. The number of amides is 2. The number of sulfonamides is 1. The monoisotopic (exact) mass is 493 g/mol. The fourth-order valence-corrected chi connectivity index (χ4v) is 4.56. The number of para-hydroxylation sites is 1. The fraction of sp³-hybridized carbons (Fsp3) is 0.417. The van der Waals surface area contributed by atoms with Gasteiger partial charge in [-0.15, -0.1) is 0 Å². The maximum atomic E-state index is 13.6. The predicted octanol–water partition coefficient (Wildman–Crippen LogP) is 3.75. The third-order valence-corrected chi connectivity index (χ3v) is 6.52. The Kier molecular flexibility index (Phi) is 9.31. The highest BCUT2D eigenvalue weighted by Gasteiger charge is 2.32. The first kappa shape index (κ1) is 26.7. The molecule has 2 amide bonds. The average Bonchev–Trinajstić information content (AvgIpc) is 2.72. The van der Waals surface area contributed by atoms with Crippen LogP contribution in [0.25, 0.3) is 0 Å². The zero-order valence-electron chi connectivity index (χ0n) is 19.7. The van der Waals surface area contributed by atoms with E-state index in [4.69, 9.17) is 11.6 Å². The van der Waals surface area contributed by atoms with Gasteiger partial charge in [0.1, 0.15) is 12.6 Å². The Morgan fingerprint density at radius 1 is 1.06 bits per heavy atom. The van der Waals surface area contributed by atoms with Crippen molar-refractivity contribution in [2.45, 2.75) is 52.7 Å². The van der Waals surface area contributed by atoms with E-state index in [0.29, 0.717) is 17.1 Å². The highest BCUT2D eigenvalue weighted by molar-refractivity contribution is 7.92. The van der Waals surface area contributed by atoms with Crippen LogP contribution >= 0.6 is 11.6 Å². The summed E-state index contributed by atoms with van der Waals surface area (Å²) in [5, 5.41) is 3.42. The lowest BCUT2D eigenvalue weighted by molar-refractivity contribution is -0.140. The molecule has 0 aromatic heterocycles. The topological polar surface area (TPSA) is 86.8 Å². The first-order valence-electron chi connectivity index (χ1n) is 10.8. The Morgan fingerprint density at radius 2 is 1.67 bits per heavy atom. The van der Waals surface area contributed by atoms with Gasteiger partial charge in [0.25, 0.3) is 0 Å². The van der Waals surface area contributed by atoms with Gasteiger partial charge in [-0.05, 0) is 56.5 Å². The van der Waals surface area contributed by atoms with Crippen LogP contribution in [0.1, 0.15) is 38.3 Å². The van der Waals surface area contributed by atoms with Crippen molar-refractivity contribution in [2.75, 3.05) is 17.1 Å². The minimum absolute atomic E-state index is 0.0986. The Balaban J connectivity index is 2.44. The molecule has 7 nitrogen and oxygen atoms in total. The highest BCUT2D eigenvalue weighted by atomic mass is 35.5. The Bertz CT molecular complexity index is 1070. The van der Waals surface area contributed by atoms with E-state index in [0.717, 1.165) is 21.7 Å². The van der Waals surface area contributed by atoms with Crippen molar-refractivity contribution in [3.05, 3.63) is 64.7 Å². The van der Waals surface area contributed by atoms with Gasteiger partial charge in [-0.3, -0.25) is 13.9 Å². The van der Waals surface area contributed by atoms with Crippen LogP contribution in [0.4, 0.5) is 5.69 Å². The Hall–Kier alpha value is -2.58. The molecule has 33 heavy (non-hydrogen) atoms. The molecule has 1 unspecified atom stereocenters. The fourth-order valence-electron chi connectivity index (χ4n) is 3.52. The van der Waals surface area contributed by atoms with Crippen LogP contribution in [-0.4, -0.2) is 50.0 Å². The van der Waals surface area contributed by atoms with Gasteiger partial charge < -0.3 is 10.2 Å². The normalized spacial score (nSPS) is 12.3. The van der Waals surface area contributed by atoms with Crippen LogP contribution in [0.3, 0.4) is 0 Å². The summed E-state index contributed by atoms with van der Waals surface area (Å²) in [6.45, 7) is 7.03. The zero-order valence-corrected chi connectivity index (χ0v) is 21.3. The summed E-state index contributed by atoms with van der Waals surface area (Å²) in [4.78, 5) is 27.9. The highest BCUT2D eigenvalue weighted by Crippen LogP contribution is 2.23.